The second-order valence-electron chi connectivity index (χ2n) is 3.05. The van der Waals surface area contributed by atoms with Gasteiger partial charge in [0.25, 0.3) is 0 Å². The Hall–Kier alpha value is -1.29. The normalized spacial score (nSPS) is 13.5. The lowest BCUT2D eigenvalue weighted by Crippen LogP contribution is -2.16. The molecule has 0 heterocycles. The Labute approximate surface area is 98.9 Å². The second kappa shape index (κ2) is 5.14. The molecule has 3 nitrogen and oxygen atoms in total. The number of alkyl halides is 3. The van der Waals surface area contributed by atoms with E-state index < -0.39 is 52.7 Å². The first kappa shape index (κ1) is 14.8. The van der Waals surface area contributed by atoms with Gasteiger partial charge in [-0.15, -0.1) is 0 Å². The predicted octanol–water partition coefficient (Wildman–Crippen LogP) is 2.72. The van der Waals surface area contributed by atoms with Crippen molar-refractivity contribution >= 4 is 11.4 Å². The zero-order chi connectivity index (χ0) is 14.1. The van der Waals surface area contributed by atoms with E-state index in [0.29, 0.717) is 0 Å². The van der Waals surface area contributed by atoms with Crippen LogP contribution in [0, 0.1) is 17.5 Å². The Kier molecular flexibility index (Phi) is 4.22. The van der Waals surface area contributed by atoms with E-state index in [0.717, 1.165) is 0 Å². The number of halogens is 6. The summed E-state index contributed by atoms with van der Waals surface area (Å²) in [5.74, 6) is -7.04. The molecule has 18 heavy (non-hydrogen) atoms. The maximum absolute atomic E-state index is 13.3. The molecule has 0 bridgehead atoms. The molecule has 0 aromatic heterocycles. The van der Waals surface area contributed by atoms with Crippen LogP contribution in [0.5, 0.6) is 5.75 Å². The smallest absolute Gasteiger partial charge is 0.374 e. The topological polar surface area (TPSA) is 46.5 Å². The maximum atomic E-state index is 13.3. The highest BCUT2D eigenvalue weighted by Crippen LogP contribution is 2.31. The van der Waals surface area contributed by atoms with Crippen LogP contribution in [0.1, 0.15) is 5.56 Å². The average Bonchev–Trinajstić information content (AvgIpc) is 2.17. The van der Waals surface area contributed by atoms with E-state index in [9.17, 15) is 30.6 Å². The Morgan fingerprint density at radius 3 is 2.22 bits per heavy atom. The third-order valence-corrected chi connectivity index (χ3v) is 2.06. The minimum Gasteiger partial charge on any atom is -0.374 e. The molecule has 0 radical (unpaired) electrons. The van der Waals surface area contributed by atoms with E-state index in [1.807, 2.05) is 0 Å². The number of hydrogen-bond acceptors (Lipinski definition) is 2. The molecule has 102 valence electrons. The van der Waals surface area contributed by atoms with E-state index in [2.05, 4.69) is 4.18 Å². The Balaban J connectivity index is 3.30. The number of hydrogen-bond donors (Lipinski definition) is 1. The molecule has 1 rings (SSSR count). The Bertz CT molecular complexity index is 487. The standard InChI is InChI=1S/C8H4F6O3S/c9-4-1-5(10)7(17-18(15)16)6(11)3(4)2-8(12,13)14/h1H,2H2,(H,15,16). The molecule has 0 fully saturated rings. The summed E-state index contributed by atoms with van der Waals surface area (Å²) in [5.41, 5.74) is -1.50. The van der Waals surface area contributed by atoms with Gasteiger partial charge in [-0.1, -0.05) is 0 Å². The van der Waals surface area contributed by atoms with Crippen molar-refractivity contribution in [2.24, 2.45) is 0 Å². The van der Waals surface area contributed by atoms with Gasteiger partial charge in [-0.05, 0) is 0 Å². The molecule has 1 atom stereocenters. The second-order valence-corrected chi connectivity index (χ2v) is 3.66. The minimum absolute atomic E-state index is 0.0631. The van der Waals surface area contributed by atoms with Crippen molar-refractivity contribution in [3.05, 3.63) is 29.1 Å². The van der Waals surface area contributed by atoms with Gasteiger partial charge in [0.1, 0.15) is 5.82 Å². The third-order valence-electron chi connectivity index (χ3n) is 1.75. The highest BCUT2D eigenvalue weighted by atomic mass is 32.2. The van der Waals surface area contributed by atoms with Crippen LogP contribution in [0.2, 0.25) is 0 Å². The fraction of sp³-hybridized carbons (Fsp3) is 0.250. The Morgan fingerprint density at radius 2 is 1.78 bits per heavy atom. The quantitative estimate of drug-likeness (QED) is 0.688. The lowest BCUT2D eigenvalue weighted by atomic mass is 10.1. The van der Waals surface area contributed by atoms with Crippen LogP contribution in [0.3, 0.4) is 0 Å². The van der Waals surface area contributed by atoms with Crippen LogP contribution in [-0.2, 0) is 17.8 Å². The van der Waals surface area contributed by atoms with E-state index in [4.69, 9.17) is 4.55 Å². The number of rotatable bonds is 3. The summed E-state index contributed by atoms with van der Waals surface area (Å²) >= 11 is -3.16. The van der Waals surface area contributed by atoms with E-state index in [1.54, 1.807) is 0 Å². The molecule has 0 saturated carbocycles. The SMILES string of the molecule is O=S(O)Oc1c(F)cc(F)c(CC(F)(F)F)c1F. The van der Waals surface area contributed by atoms with Crippen LogP contribution in [0.4, 0.5) is 26.3 Å². The van der Waals surface area contributed by atoms with Crippen LogP contribution in [0.15, 0.2) is 6.07 Å². The van der Waals surface area contributed by atoms with Gasteiger partial charge in [-0.2, -0.15) is 17.4 Å². The molecule has 0 aliphatic heterocycles. The van der Waals surface area contributed by atoms with Gasteiger partial charge in [0.05, 0.1) is 6.42 Å². The van der Waals surface area contributed by atoms with Gasteiger partial charge < -0.3 is 4.18 Å². The first-order chi connectivity index (χ1) is 8.11. The maximum Gasteiger partial charge on any atom is 0.393 e. The Morgan fingerprint density at radius 1 is 1.22 bits per heavy atom. The van der Waals surface area contributed by atoms with Crippen LogP contribution >= 0.6 is 0 Å². The van der Waals surface area contributed by atoms with E-state index >= 15 is 0 Å². The summed E-state index contributed by atoms with van der Waals surface area (Å²) in [4.78, 5) is 0. The summed E-state index contributed by atoms with van der Waals surface area (Å²) in [5, 5.41) is 0. The zero-order valence-electron chi connectivity index (χ0n) is 8.22. The van der Waals surface area contributed by atoms with Crippen molar-refractivity contribution < 1.29 is 39.3 Å². The molecular formula is C8H4F6O3S. The van der Waals surface area contributed by atoms with Crippen LogP contribution in [0.25, 0.3) is 0 Å². The highest BCUT2D eigenvalue weighted by molar-refractivity contribution is 7.74. The van der Waals surface area contributed by atoms with Crippen molar-refractivity contribution in [2.75, 3.05) is 0 Å². The molecule has 10 heteroatoms. The van der Waals surface area contributed by atoms with Gasteiger partial charge in [-0.3, -0.25) is 4.55 Å². The van der Waals surface area contributed by atoms with Gasteiger partial charge in [-0.25, -0.2) is 13.2 Å². The van der Waals surface area contributed by atoms with Crippen molar-refractivity contribution in [1.29, 1.82) is 0 Å². The minimum atomic E-state index is -4.94. The first-order valence-corrected chi connectivity index (χ1v) is 5.17. The van der Waals surface area contributed by atoms with Gasteiger partial charge in [0.15, 0.2) is 11.6 Å². The number of benzene rings is 1. The molecular weight excluding hydrogens is 290 g/mol. The average molecular weight is 294 g/mol. The van der Waals surface area contributed by atoms with Gasteiger partial charge >= 0.3 is 17.5 Å². The van der Waals surface area contributed by atoms with Gasteiger partial charge in [0.2, 0.25) is 5.75 Å². The van der Waals surface area contributed by atoms with Gasteiger partial charge in [0, 0.05) is 11.6 Å². The molecule has 1 unspecified atom stereocenters. The predicted molar refractivity (Wildman–Crippen MR) is 47.5 cm³/mol. The van der Waals surface area contributed by atoms with Crippen molar-refractivity contribution in [1.82, 2.24) is 0 Å². The van der Waals surface area contributed by atoms with Crippen molar-refractivity contribution in [3.8, 4) is 5.75 Å². The molecule has 0 aliphatic carbocycles. The molecule has 1 N–H and O–H groups in total. The lowest BCUT2D eigenvalue weighted by Gasteiger charge is -2.11. The van der Waals surface area contributed by atoms with Crippen LogP contribution in [-0.4, -0.2) is 14.9 Å². The van der Waals surface area contributed by atoms with Crippen LogP contribution < -0.4 is 4.18 Å². The van der Waals surface area contributed by atoms with Crippen molar-refractivity contribution in [3.63, 3.8) is 0 Å². The first-order valence-electron chi connectivity index (χ1n) is 4.14. The molecule has 1 aromatic carbocycles. The lowest BCUT2D eigenvalue weighted by molar-refractivity contribution is -0.128. The van der Waals surface area contributed by atoms with Crippen molar-refractivity contribution in [2.45, 2.75) is 12.6 Å². The third kappa shape index (κ3) is 3.60. The molecule has 0 amide bonds. The molecule has 0 spiro atoms. The van der Waals surface area contributed by atoms with E-state index in [-0.39, 0.29) is 6.07 Å². The summed E-state index contributed by atoms with van der Waals surface area (Å²) in [7, 11) is 0. The summed E-state index contributed by atoms with van der Waals surface area (Å²) in [6, 6.07) is -0.0631. The fourth-order valence-corrected chi connectivity index (χ4v) is 1.42. The zero-order valence-corrected chi connectivity index (χ0v) is 9.04. The highest BCUT2D eigenvalue weighted by Gasteiger charge is 2.33. The molecule has 0 aliphatic rings. The largest absolute Gasteiger partial charge is 0.393 e. The summed E-state index contributed by atoms with van der Waals surface area (Å²) < 4.78 is 97.5. The summed E-state index contributed by atoms with van der Waals surface area (Å²) in [6.45, 7) is 0. The monoisotopic (exact) mass is 294 g/mol. The molecule has 1 aromatic rings. The molecule has 0 saturated heterocycles. The fourth-order valence-electron chi connectivity index (χ4n) is 1.12. The summed E-state index contributed by atoms with van der Waals surface area (Å²) in [6.07, 6.45) is -6.94. The van der Waals surface area contributed by atoms with E-state index in [1.165, 1.54) is 0 Å².